The topological polar surface area (TPSA) is 18.5 Å². The highest BCUT2D eigenvalue weighted by atomic mass is 79.9. The van der Waals surface area contributed by atoms with Gasteiger partial charge in [0.2, 0.25) is 0 Å². The van der Waals surface area contributed by atoms with Gasteiger partial charge in [0.05, 0.1) is 13.2 Å². The van der Waals surface area contributed by atoms with Gasteiger partial charge in [-0.1, -0.05) is 38.8 Å². The highest BCUT2D eigenvalue weighted by Crippen LogP contribution is 2.47. The van der Waals surface area contributed by atoms with Crippen LogP contribution in [0.15, 0.2) is 10.5 Å². The fraction of sp³-hybridized carbons (Fsp3) is 0.625. The molecule has 2 nitrogen and oxygen atoms in total. The summed E-state index contributed by atoms with van der Waals surface area (Å²) < 4.78 is 12.7. The van der Waals surface area contributed by atoms with E-state index in [2.05, 4.69) is 58.7 Å². The van der Waals surface area contributed by atoms with Gasteiger partial charge in [-0.2, -0.15) is 0 Å². The molecule has 1 fully saturated rings. The van der Waals surface area contributed by atoms with Crippen molar-refractivity contribution in [3.8, 4) is 5.75 Å². The summed E-state index contributed by atoms with van der Waals surface area (Å²) in [6.45, 7) is 7.29. The van der Waals surface area contributed by atoms with Crippen LogP contribution >= 0.6 is 31.9 Å². The summed E-state index contributed by atoms with van der Waals surface area (Å²) in [5, 5.41) is 0. The highest BCUT2D eigenvalue weighted by Gasteiger charge is 2.35. The number of benzene rings is 1. The first kappa shape index (κ1) is 16.3. The maximum atomic E-state index is 5.85. The molecular formula is C16H22Br2O2. The van der Waals surface area contributed by atoms with Crippen LogP contribution in [0.1, 0.15) is 41.3 Å². The van der Waals surface area contributed by atoms with E-state index in [-0.39, 0.29) is 4.83 Å². The Hall–Kier alpha value is -0.0600. The van der Waals surface area contributed by atoms with Crippen LogP contribution in [0.25, 0.3) is 0 Å². The first-order valence-electron chi connectivity index (χ1n) is 7.10. The molecule has 3 unspecified atom stereocenters. The number of alkyl halides is 1. The molecule has 0 saturated carbocycles. The number of ether oxygens (including phenoxy) is 2. The van der Waals surface area contributed by atoms with Gasteiger partial charge in [-0.3, -0.25) is 0 Å². The Bertz CT molecular complexity index is 488. The van der Waals surface area contributed by atoms with Crippen LogP contribution in [0.5, 0.6) is 5.75 Å². The van der Waals surface area contributed by atoms with Crippen molar-refractivity contribution in [1.82, 2.24) is 0 Å². The van der Waals surface area contributed by atoms with Crippen molar-refractivity contribution in [3.63, 3.8) is 0 Å². The predicted octanol–water partition coefficient (Wildman–Crippen LogP) is 5.33. The molecule has 20 heavy (non-hydrogen) atoms. The molecule has 0 N–H and O–H groups in total. The molecule has 0 aromatic heterocycles. The Morgan fingerprint density at radius 3 is 2.75 bits per heavy atom. The van der Waals surface area contributed by atoms with Gasteiger partial charge < -0.3 is 9.47 Å². The molecule has 1 aliphatic rings. The molecule has 1 aromatic carbocycles. The molecule has 1 saturated heterocycles. The van der Waals surface area contributed by atoms with Crippen LogP contribution in [0.4, 0.5) is 0 Å². The number of hydrogen-bond donors (Lipinski definition) is 0. The summed E-state index contributed by atoms with van der Waals surface area (Å²) in [6, 6.07) is 2.12. The Labute approximate surface area is 138 Å². The first-order chi connectivity index (χ1) is 9.51. The predicted molar refractivity (Wildman–Crippen MR) is 90.0 cm³/mol. The molecule has 0 bridgehead atoms. The van der Waals surface area contributed by atoms with E-state index in [0.29, 0.717) is 12.0 Å². The van der Waals surface area contributed by atoms with Crippen LogP contribution in [0, 0.1) is 19.8 Å². The van der Waals surface area contributed by atoms with Gasteiger partial charge in [0.15, 0.2) is 0 Å². The number of methoxy groups -OCH3 is 1. The largest absolute Gasteiger partial charge is 0.496 e. The van der Waals surface area contributed by atoms with Crippen molar-refractivity contribution in [2.24, 2.45) is 5.92 Å². The third-order valence-corrected chi connectivity index (χ3v) is 6.19. The summed E-state index contributed by atoms with van der Waals surface area (Å²) in [6.07, 6.45) is 2.49. The van der Waals surface area contributed by atoms with Gasteiger partial charge in [-0.15, -0.1) is 0 Å². The number of hydrogen-bond acceptors (Lipinski definition) is 2. The quantitative estimate of drug-likeness (QED) is 0.630. The van der Waals surface area contributed by atoms with Crippen molar-refractivity contribution in [2.45, 2.75) is 44.5 Å². The molecule has 1 heterocycles. The second-order valence-electron chi connectivity index (χ2n) is 5.42. The zero-order valence-electron chi connectivity index (χ0n) is 12.5. The number of halogens is 2. The van der Waals surface area contributed by atoms with Crippen molar-refractivity contribution >= 4 is 31.9 Å². The standard InChI is InChI=1S/C16H22Br2O2/c1-5-13-11(6-7-20-13)15(18)14-10(3)12(17)8-9(2)16(14)19-4/h8,11,13,15H,5-7H2,1-4H3. The lowest BCUT2D eigenvalue weighted by atomic mass is 9.88. The van der Waals surface area contributed by atoms with E-state index in [1.165, 1.54) is 11.1 Å². The Balaban J connectivity index is 2.45. The van der Waals surface area contributed by atoms with E-state index in [9.17, 15) is 0 Å². The van der Waals surface area contributed by atoms with E-state index in [1.54, 1.807) is 7.11 Å². The summed E-state index contributed by atoms with van der Waals surface area (Å²) in [5.74, 6) is 1.50. The minimum Gasteiger partial charge on any atom is -0.496 e. The average Bonchev–Trinajstić information content (AvgIpc) is 2.90. The normalized spacial score (nSPS) is 23.9. The molecule has 3 atom stereocenters. The fourth-order valence-corrected chi connectivity index (χ4v) is 4.83. The van der Waals surface area contributed by atoms with Crippen LogP contribution in [-0.2, 0) is 4.74 Å². The van der Waals surface area contributed by atoms with E-state index >= 15 is 0 Å². The van der Waals surface area contributed by atoms with Gasteiger partial charge in [0.25, 0.3) is 0 Å². The van der Waals surface area contributed by atoms with Crippen molar-refractivity contribution in [1.29, 1.82) is 0 Å². The second-order valence-corrected chi connectivity index (χ2v) is 7.26. The molecule has 1 aromatic rings. The average molecular weight is 406 g/mol. The molecule has 112 valence electrons. The molecule has 4 heteroatoms. The summed E-state index contributed by atoms with van der Waals surface area (Å²) >= 11 is 7.59. The Morgan fingerprint density at radius 1 is 1.45 bits per heavy atom. The van der Waals surface area contributed by atoms with Crippen LogP contribution in [-0.4, -0.2) is 19.8 Å². The van der Waals surface area contributed by atoms with Crippen molar-refractivity contribution in [3.05, 3.63) is 27.2 Å². The second kappa shape index (κ2) is 6.80. The van der Waals surface area contributed by atoms with Crippen LogP contribution in [0.2, 0.25) is 0 Å². The van der Waals surface area contributed by atoms with E-state index in [1.807, 2.05) is 0 Å². The lowest BCUT2D eigenvalue weighted by molar-refractivity contribution is 0.0871. The van der Waals surface area contributed by atoms with Gasteiger partial charge in [-0.05, 0) is 43.9 Å². The minimum absolute atomic E-state index is 0.265. The Kier molecular flexibility index (Phi) is 5.55. The summed E-state index contributed by atoms with van der Waals surface area (Å²) in [5.41, 5.74) is 3.67. The Morgan fingerprint density at radius 2 is 2.15 bits per heavy atom. The SMILES string of the molecule is CCC1OCCC1C(Br)c1c(C)c(Br)cc(C)c1OC. The van der Waals surface area contributed by atoms with E-state index in [0.717, 1.165) is 35.2 Å². The highest BCUT2D eigenvalue weighted by molar-refractivity contribution is 9.10. The molecule has 1 aliphatic heterocycles. The maximum absolute atomic E-state index is 5.85. The van der Waals surface area contributed by atoms with Gasteiger partial charge in [0.1, 0.15) is 5.75 Å². The zero-order valence-corrected chi connectivity index (χ0v) is 15.7. The zero-order chi connectivity index (χ0) is 14.9. The fourth-order valence-electron chi connectivity index (χ4n) is 3.11. The number of rotatable bonds is 4. The minimum atomic E-state index is 0.265. The van der Waals surface area contributed by atoms with Crippen molar-refractivity contribution in [2.75, 3.05) is 13.7 Å². The van der Waals surface area contributed by atoms with Gasteiger partial charge in [0, 0.05) is 27.4 Å². The van der Waals surface area contributed by atoms with E-state index < -0.39 is 0 Å². The summed E-state index contributed by atoms with van der Waals surface area (Å²) in [4.78, 5) is 0.265. The number of aryl methyl sites for hydroxylation is 1. The third-order valence-electron chi connectivity index (χ3n) is 4.23. The van der Waals surface area contributed by atoms with Crippen molar-refractivity contribution < 1.29 is 9.47 Å². The maximum Gasteiger partial charge on any atom is 0.126 e. The monoisotopic (exact) mass is 404 g/mol. The van der Waals surface area contributed by atoms with Crippen LogP contribution in [0.3, 0.4) is 0 Å². The lowest BCUT2D eigenvalue weighted by Crippen LogP contribution is -2.20. The molecule has 0 radical (unpaired) electrons. The summed E-state index contributed by atoms with van der Waals surface area (Å²) in [7, 11) is 1.75. The first-order valence-corrected chi connectivity index (χ1v) is 8.81. The van der Waals surface area contributed by atoms with E-state index in [4.69, 9.17) is 9.47 Å². The molecule has 2 rings (SSSR count). The van der Waals surface area contributed by atoms with Crippen LogP contribution < -0.4 is 4.74 Å². The lowest BCUT2D eigenvalue weighted by Gasteiger charge is -2.27. The molecule has 0 amide bonds. The smallest absolute Gasteiger partial charge is 0.126 e. The van der Waals surface area contributed by atoms with Gasteiger partial charge in [-0.25, -0.2) is 0 Å². The molecule has 0 aliphatic carbocycles. The van der Waals surface area contributed by atoms with Gasteiger partial charge >= 0.3 is 0 Å². The molecule has 0 spiro atoms. The molecular weight excluding hydrogens is 384 g/mol. The third kappa shape index (κ3) is 2.93.